The van der Waals surface area contributed by atoms with Gasteiger partial charge in [0.1, 0.15) is 0 Å². The fourth-order valence-electron chi connectivity index (χ4n) is 1.83. The lowest BCUT2D eigenvalue weighted by atomic mass is 9.80. The Balaban J connectivity index is 2.18. The van der Waals surface area contributed by atoms with Crippen LogP contribution in [0.15, 0.2) is 23.6 Å². The third kappa shape index (κ3) is 2.90. The monoisotopic (exact) mass is 263 g/mol. The highest BCUT2D eigenvalue weighted by Gasteiger charge is 2.12. The summed E-state index contributed by atoms with van der Waals surface area (Å²) in [5.41, 5.74) is 1.67. The molecule has 0 fully saturated rings. The molecule has 0 bridgehead atoms. The van der Waals surface area contributed by atoms with Crippen LogP contribution in [0.2, 0.25) is 0 Å². The number of carbonyl (C=O) groups excluding carboxylic acids is 1. The van der Waals surface area contributed by atoms with Gasteiger partial charge in [0, 0.05) is 18.2 Å². The standard InChI is InChI=1S/C12H14BNO3S/c1-8(15)14-5-4-9-7-18-12-6-10(13(16)17)2-3-11(9)12/h2-3,6-7,16-17H,4-5H2,1H3,(H,14,15). The van der Waals surface area contributed by atoms with E-state index in [9.17, 15) is 4.79 Å². The van der Waals surface area contributed by atoms with Crippen molar-refractivity contribution in [1.29, 1.82) is 0 Å². The van der Waals surface area contributed by atoms with Crippen LogP contribution in [0.3, 0.4) is 0 Å². The predicted molar refractivity (Wildman–Crippen MR) is 74.0 cm³/mol. The van der Waals surface area contributed by atoms with Gasteiger partial charge in [0.25, 0.3) is 0 Å². The minimum absolute atomic E-state index is 0.0276. The van der Waals surface area contributed by atoms with Crippen LogP contribution >= 0.6 is 11.3 Å². The van der Waals surface area contributed by atoms with Gasteiger partial charge in [0.2, 0.25) is 5.91 Å². The first kappa shape index (κ1) is 13.1. The molecule has 0 saturated heterocycles. The molecule has 0 radical (unpaired) electrons. The molecule has 2 rings (SSSR count). The molecule has 6 heteroatoms. The molecule has 4 nitrogen and oxygen atoms in total. The molecule has 2 aromatic rings. The van der Waals surface area contributed by atoms with Crippen LogP contribution in [0.1, 0.15) is 12.5 Å². The van der Waals surface area contributed by atoms with E-state index in [1.54, 1.807) is 23.5 Å². The minimum atomic E-state index is -1.43. The molecule has 1 aromatic carbocycles. The summed E-state index contributed by atoms with van der Waals surface area (Å²) in [5, 5.41) is 24.1. The van der Waals surface area contributed by atoms with Gasteiger partial charge in [-0.25, -0.2) is 0 Å². The van der Waals surface area contributed by atoms with Gasteiger partial charge < -0.3 is 15.4 Å². The Bertz CT molecular complexity index is 567. The summed E-state index contributed by atoms with van der Waals surface area (Å²) in [4.78, 5) is 10.8. The molecule has 0 saturated carbocycles. The zero-order valence-electron chi connectivity index (χ0n) is 10.0. The average Bonchev–Trinajstić information content (AvgIpc) is 2.71. The molecule has 0 spiro atoms. The third-order valence-corrected chi connectivity index (χ3v) is 3.74. The van der Waals surface area contributed by atoms with E-state index in [1.165, 1.54) is 12.5 Å². The highest BCUT2D eigenvalue weighted by atomic mass is 32.1. The van der Waals surface area contributed by atoms with Gasteiger partial charge in [-0.1, -0.05) is 12.1 Å². The van der Waals surface area contributed by atoms with E-state index in [0.29, 0.717) is 12.0 Å². The minimum Gasteiger partial charge on any atom is -0.423 e. The van der Waals surface area contributed by atoms with Crippen molar-refractivity contribution in [3.8, 4) is 0 Å². The number of hydrogen-bond donors (Lipinski definition) is 3. The number of fused-ring (bicyclic) bond motifs is 1. The Hall–Kier alpha value is -1.37. The Kier molecular flexibility index (Phi) is 4.01. The zero-order valence-corrected chi connectivity index (χ0v) is 10.8. The van der Waals surface area contributed by atoms with E-state index < -0.39 is 7.12 Å². The Morgan fingerprint density at radius 3 is 2.89 bits per heavy atom. The van der Waals surface area contributed by atoms with Gasteiger partial charge in [-0.2, -0.15) is 0 Å². The average molecular weight is 263 g/mol. The number of benzene rings is 1. The number of nitrogens with one attached hydrogen (secondary N) is 1. The molecule has 0 atom stereocenters. The highest BCUT2D eigenvalue weighted by Crippen LogP contribution is 2.25. The Morgan fingerprint density at radius 1 is 1.44 bits per heavy atom. The van der Waals surface area contributed by atoms with E-state index in [1.807, 2.05) is 11.4 Å². The maximum Gasteiger partial charge on any atom is 0.488 e. The molecule has 0 unspecified atom stereocenters. The van der Waals surface area contributed by atoms with E-state index in [0.717, 1.165) is 16.5 Å². The van der Waals surface area contributed by atoms with Crippen LogP contribution in [0.4, 0.5) is 0 Å². The number of thiophene rings is 1. The van der Waals surface area contributed by atoms with Crippen LogP contribution in [0, 0.1) is 0 Å². The third-order valence-electron chi connectivity index (χ3n) is 2.75. The topological polar surface area (TPSA) is 69.6 Å². The van der Waals surface area contributed by atoms with Crippen molar-refractivity contribution >= 4 is 39.9 Å². The lowest BCUT2D eigenvalue weighted by molar-refractivity contribution is -0.118. The molecule has 1 aromatic heterocycles. The summed E-state index contributed by atoms with van der Waals surface area (Å²) in [6.07, 6.45) is 0.778. The Labute approximate surface area is 109 Å². The van der Waals surface area contributed by atoms with Crippen LogP contribution < -0.4 is 10.8 Å². The van der Waals surface area contributed by atoms with Gasteiger partial charge in [-0.15, -0.1) is 11.3 Å². The quantitative estimate of drug-likeness (QED) is 0.693. The maximum absolute atomic E-state index is 10.8. The van der Waals surface area contributed by atoms with Crippen molar-refractivity contribution in [2.75, 3.05) is 6.54 Å². The van der Waals surface area contributed by atoms with Crippen molar-refractivity contribution < 1.29 is 14.8 Å². The van der Waals surface area contributed by atoms with Crippen molar-refractivity contribution in [3.05, 3.63) is 29.1 Å². The first-order chi connectivity index (χ1) is 8.58. The smallest absolute Gasteiger partial charge is 0.423 e. The zero-order chi connectivity index (χ0) is 13.1. The normalized spacial score (nSPS) is 10.6. The lowest BCUT2D eigenvalue weighted by Gasteiger charge is -2.02. The largest absolute Gasteiger partial charge is 0.488 e. The van der Waals surface area contributed by atoms with Crippen molar-refractivity contribution in [2.24, 2.45) is 0 Å². The van der Waals surface area contributed by atoms with Crippen molar-refractivity contribution in [2.45, 2.75) is 13.3 Å². The van der Waals surface area contributed by atoms with Crippen molar-refractivity contribution in [1.82, 2.24) is 5.32 Å². The Morgan fingerprint density at radius 2 is 2.22 bits per heavy atom. The summed E-state index contributed by atoms with van der Waals surface area (Å²) >= 11 is 1.57. The second-order valence-electron chi connectivity index (χ2n) is 4.12. The second kappa shape index (κ2) is 5.52. The van der Waals surface area contributed by atoms with Gasteiger partial charge in [-0.05, 0) is 34.3 Å². The maximum atomic E-state index is 10.8. The van der Waals surface area contributed by atoms with E-state index in [2.05, 4.69) is 5.32 Å². The van der Waals surface area contributed by atoms with Crippen LogP contribution in [0.5, 0.6) is 0 Å². The first-order valence-corrected chi connectivity index (χ1v) is 6.56. The fraction of sp³-hybridized carbons (Fsp3) is 0.250. The SMILES string of the molecule is CC(=O)NCCc1csc2cc(B(O)O)ccc12. The summed E-state index contributed by atoms with van der Waals surface area (Å²) in [7, 11) is -1.43. The molecular formula is C12H14BNO3S. The first-order valence-electron chi connectivity index (χ1n) is 5.68. The van der Waals surface area contributed by atoms with Gasteiger partial charge >= 0.3 is 7.12 Å². The van der Waals surface area contributed by atoms with E-state index in [-0.39, 0.29) is 5.91 Å². The molecule has 0 aliphatic carbocycles. The fourth-order valence-corrected chi connectivity index (χ4v) is 2.87. The molecule has 94 valence electrons. The van der Waals surface area contributed by atoms with E-state index in [4.69, 9.17) is 10.0 Å². The predicted octanol–water partition coefficient (Wildman–Crippen LogP) is 0.260. The molecule has 3 N–H and O–H groups in total. The number of amides is 1. The van der Waals surface area contributed by atoms with E-state index >= 15 is 0 Å². The molecule has 1 amide bonds. The molecular weight excluding hydrogens is 249 g/mol. The summed E-state index contributed by atoms with van der Waals surface area (Å²) < 4.78 is 1.03. The molecule has 18 heavy (non-hydrogen) atoms. The van der Waals surface area contributed by atoms with Crippen molar-refractivity contribution in [3.63, 3.8) is 0 Å². The number of rotatable bonds is 4. The second-order valence-corrected chi connectivity index (χ2v) is 5.03. The summed E-state index contributed by atoms with van der Waals surface area (Å²) in [6.45, 7) is 2.12. The molecule has 1 heterocycles. The van der Waals surface area contributed by atoms with Crippen LogP contribution in [-0.2, 0) is 11.2 Å². The summed E-state index contributed by atoms with van der Waals surface area (Å²) in [6, 6.07) is 5.39. The molecule has 0 aliphatic rings. The number of hydrogen-bond acceptors (Lipinski definition) is 4. The van der Waals surface area contributed by atoms with Gasteiger partial charge in [-0.3, -0.25) is 4.79 Å². The number of carbonyl (C=O) groups is 1. The van der Waals surface area contributed by atoms with Gasteiger partial charge in [0.15, 0.2) is 0 Å². The van der Waals surface area contributed by atoms with Crippen LogP contribution in [-0.4, -0.2) is 29.6 Å². The molecule has 0 aliphatic heterocycles. The lowest BCUT2D eigenvalue weighted by Crippen LogP contribution is -2.29. The summed E-state index contributed by atoms with van der Waals surface area (Å²) in [5.74, 6) is -0.0276. The van der Waals surface area contributed by atoms with Crippen LogP contribution in [0.25, 0.3) is 10.1 Å². The highest BCUT2D eigenvalue weighted by molar-refractivity contribution is 7.17. The van der Waals surface area contributed by atoms with Gasteiger partial charge in [0.05, 0.1) is 0 Å².